The summed E-state index contributed by atoms with van der Waals surface area (Å²) in [6, 6.07) is 12.5. The number of anilines is 1. The number of nitriles is 1. The van der Waals surface area contributed by atoms with Gasteiger partial charge >= 0.3 is 0 Å². The molecule has 0 radical (unpaired) electrons. The average Bonchev–Trinajstić information content (AvgIpc) is 2.41. The van der Waals surface area contributed by atoms with Crippen LogP contribution in [0.15, 0.2) is 40.9 Å². The fourth-order valence-electron chi connectivity index (χ4n) is 1.75. The second-order valence-electron chi connectivity index (χ2n) is 4.21. The van der Waals surface area contributed by atoms with Crippen LogP contribution in [-0.2, 0) is 6.54 Å². The number of hydrogen-bond donors (Lipinski definition) is 1. The molecule has 0 aliphatic rings. The molecule has 0 saturated carbocycles. The number of aryl methyl sites for hydroxylation is 1. The lowest BCUT2D eigenvalue weighted by Crippen LogP contribution is -2.03. The summed E-state index contributed by atoms with van der Waals surface area (Å²) in [7, 11) is 0. The van der Waals surface area contributed by atoms with E-state index in [0.29, 0.717) is 12.1 Å². The third-order valence-electron chi connectivity index (χ3n) is 2.84. The SMILES string of the molecule is Cc1cc(NCc2cccc(C#N)c2F)ccc1Br. The Bertz CT molecular complexity index is 647. The van der Waals surface area contributed by atoms with E-state index in [1.807, 2.05) is 31.2 Å². The highest BCUT2D eigenvalue weighted by Crippen LogP contribution is 2.21. The van der Waals surface area contributed by atoms with E-state index in [1.165, 1.54) is 6.07 Å². The molecule has 96 valence electrons. The highest BCUT2D eigenvalue weighted by molar-refractivity contribution is 9.10. The van der Waals surface area contributed by atoms with Gasteiger partial charge in [0.1, 0.15) is 11.9 Å². The molecule has 0 saturated heterocycles. The van der Waals surface area contributed by atoms with Crippen LogP contribution in [0, 0.1) is 24.1 Å². The van der Waals surface area contributed by atoms with E-state index in [2.05, 4.69) is 21.2 Å². The number of hydrogen-bond acceptors (Lipinski definition) is 2. The van der Waals surface area contributed by atoms with Crippen LogP contribution in [0.1, 0.15) is 16.7 Å². The van der Waals surface area contributed by atoms with Crippen molar-refractivity contribution in [2.24, 2.45) is 0 Å². The Labute approximate surface area is 120 Å². The third-order valence-corrected chi connectivity index (χ3v) is 3.73. The summed E-state index contributed by atoms with van der Waals surface area (Å²) < 4.78 is 14.9. The molecule has 0 aliphatic carbocycles. The maximum Gasteiger partial charge on any atom is 0.145 e. The van der Waals surface area contributed by atoms with Gasteiger partial charge < -0.3 is 5.32 Å². The lowest BCUT2D eigenvalue weighted by atomic mass is 10.1. The maximum atomic E-state index is 13.8. The Kier molecular flexibility index (Phi) is 4.18. The van der Waals surface area contributed by atoms with E-state index < -0.39 is 5.82 Å². The van der Waals surface area contributed by atoms with Crippen LogP contribution in [0.25, 0.3) is 0 Å². The van der Waals surface area contributed by atoms with Crippen molar-refractivity contribution < 1.29 is 4.39 Å². The van der Waals surface area contributed by atoms with Gasteiger partial charge in [-0.1, -0.05) is 28.1 Å². The molecule has 0 bridgehead atoms. The zero-order valence-electron chi connectivity index (χ0n) is 10.4. The average molecular weight is 319 g/mol. The summed E-state index contributed by atoms with van der Waals surface area (Å²) in [5.74, 6) is -0.452. The Balaban J connectivity index is 2.15. The zero-order valence-corrected chi connectivity index (χ0v) is 12.0. The standard InChI is InChI=1S/C15H12BrFN2/c1-10-7-13(5-6-14(10)16)19-9-12-4-2-3-11(8-18)15(12)17/h2-7,19H,9H2,1H3. The third kappa shape index (κ3) is 3.12. The van der Waals surface area contributed by atoms with Gasteiger partial charge in [0.15, 0.2) is 0 Å². The number of rotatable bonds is 3. The van der Waals surface area contributed by atoms with Gasteiger partial charge in [-0.15, -0.1) is 0 Å². The number of halogens is 2. The minimum Gasteiger partial charge on any atom is -0.381 e. The van der Waals surface area contributed by atoms with E-state index in [0.717, 1.165) is 15.7 Å². The first-order valence-corrected chi connectivity index (χ1v) is 6.58. The van der Waals surface area contributed by atoms with Crippen molar-refractivity contribution in [3.63, 3.8) is 0 Å². The van der Waals surface area contributed by atoms with Crippen LogP contribution in [0.2, 0.25) is 0 Å². The normalized spacial score (nSPS) is 10.0. The molecule has 2 rings (SSSR count). The Hall–Kier alpha value is -1.86. The van der Waals surface area contributed by atoms with E-state index in [1.54, 1.807) is 12.1 Å². The number of nitrogens with zero attached hydrogens (tertiary/aromatic N) is 1. The van der Waals surface area contributed by atoms with E-state index in [-0.39, 0.29) is 5.56 Å². The Morgan fingerprint density at radius 1 is 1.32 bits per heavy atom. The van der Waals surface area contributed by atoms with Crippen molar-refractivity contribution in [1.29, 1.82) is 5.26 Å². The Morgan fingerprint density at radius 3 is 2.79 bits per heavy atom. The molecule has 0 fully saturated rings. The van der Waals surface area contributed by atoms with E-state index in [4.69, 9.17) is 5.26 Å². The second kappa shape index (κ2) is 5.85. The minimum absolute atomic E-state index is 0.0753. The van der Waals surface area contributed by atoms with Crippen molar-refractivity contribution in [1.82, 2.24) is 0 Å². The highest BCUT2D eigenvalue weighted by atomic mass is 79.9. The molecule has 2 nitrogen and oxygen atoms in total. The first-order chi connectivity index (χ1) is 9.11. The van der Waals surface area contributed by atoms with E-state index in [9.17, 15) is 4.39 Å². The summed E-state index contributed by atoms with van der Waals surface area (Å²) in [6.07, 6.45) is 0. The molecule has 2 aromatic carbocycles. The predicted octanol–water partition coefficient (Wildman–Crippen LogP) is 4.38. The molecule has 1 N–H and O–H groups in total. The highest BCUT2D eigenvalue weighted by Gasteiger charge is 2.07. The summed E-state index contributed by atoms with van der Waals surface area (Å²) in [5.41, 5.74) is 2.59. The summed E-state index contributed by atoms with van der Waals surface area (Å²) in [4.78, 5) is 0. The van der Waals surface area contributed by atoms with E-state index >= 15 is 0 Å². The van der Waals surface area contributed by atoms with Crippen molar-refractivity contribution in [2.75, 3.05) is 5.32 Å². The van der Waals surface area contributed by atoms with Crippen molar-refractivity contribution in [3.8, 4) is 6.07 Å². The van der Waals surface area contributed by atoms with Crippen molar-refractivity contribution in [3.05, 3.63) is 63.4 Å². The molecule has 2 aromatic rings. The number of benzene rings is 2. The molecule has 0 amide bonds. The lowest BCUT2D eigenvalue weighted by Gasteiger charge is -2.09. The van der Waals surface area contributed by atoms with Crippen LogP contribution < -0.4 is 5.32 Å². The fraction of sp³-hybridized carbons (Fsp3) is 0.133. The van der Waals surface area contributed by atoms with Crippen molar-refractivity contribution >= 4 is 21.6 Å². The second-order valence-corrected chi connectivity index (χ2v) is 5.06. The summed E-state index contributed by atoms with van der Waals surface area (Å²) in [6.45, 7) is 2.34. The Morgan fingerprint density at radius 2 is 2.11 bits per heavy atom. The van der Waals surface area contributed by atoms with Crippen LogP contribution >= 0.6 is 15.9 Å². The van der Waals surface area contributed by atoms with Crippen molar-refractivity contribution in [2.45, 2.75) is 13.5 Å². The van der Waals surface area contributed by atoms with Crippen LogP contribution in [0.4, 0.5) is 10.1 Å². The van der Waals surface area contributed by atoms with Gasteiger partial charge in [0.2, 0.25) is 0 Å². The predicted molar refractivity (Wildman–Crippen MR) is 77.3 cm³/mol. The molecule has 0 aromatic heterocycles. The first kappa shape index (κ1) is 13.6. The molecule has 0 unspecified atom stereocenters. The van der Waals surface area contributed by atoms with Gasteiger partial charge in [0.25, 0.3) is 0 Å². The van der Waals surface area contributed by atoms with Crippen LogP contribution in [0.5, 0.6) is 0 Å². The van der Waals surface area contributed by atoms with Crippen LogP contribution in [0.3, 0.4) is 0 Å². The van der Waals surface area contributed by atoms with Gasteiger partial charge in [-0.05, 0) is 36.8 Å². The van der Waals surface area contributed by atoms with Gasteiger partial charge in [0.05, 0.1) is 5.56 Å². The number of nitrogens with one attached hydrogen (secondary N) is 1. The maximum absolute atomic E-state index is 13.8. The molecular formula is C15H12BrFN2. The molecule has 0 aliphatic heterocycles. The topological polar surface area (TPSA) is 35.8 Å². The van der Waals surface area contributed by atoms with Gasteiger partial charge in [-0.2, -0.15) is 5.26 Å². The summed E-state index contributed by atoms with van der Waals surface area (Å²) >= 11 is 3.43. The molecular weight excluding hydrogens is 307 g/mol. The molecule has 0 heterocycles. The lowest BCUT2D eigenvalue weighted by molar-refractivity contribution is 0.609. The largest absolute Gasteiger partial charge is 0.381 e. The van der Waals surface area contributed by atoms with Crippen LogP contribution in [-0.4, -0.2) is 0 Å². The molecule has 0 spiro atoms. The zero-order chi connectivity index (χ0) is 13.8. The molecule has 19 heavy (non-hydrogen) atoms. The quantitative estimate of drug-likeness (QED) is 0.911. The smallest absolute Gasteiger partial charge is 0.145 e. The first-order valence-electron chi connectivity index (χ1n) is 5.79. The fourth-order valence-corrected chi connectivity index (χ4v) is 2.00. The minimum atomic E-state index is -0.452. The van der Waals surface area contributed by atoms with Gasteiger partial charge in [-0.25, -0.2) is 4.39 Å². The summed E-state index contributed by atoms with van der Waals surface area (Å²) in [5, 5.41) is 11.9. The monoisotopic (exact) mass is 318 g/mol. The van der Waals surface area contributed by atoms with Gasteiger partial charge in [-0.3, -0.25) is 0 Å². The molecule has 0 atom stereocenters. The van der Waals surface area contributed by atoms with Gasteiger partial charge in [0, 0.05) is 22.3 Å². The molecule has 4 heteroatoms.